The van der Waals surface area contributed by atoms with E-state index in [-0.39, 0.29) is 5.41 Å². The molecule has 0 N–H and O–H groups in total. The molecule has 114 valence electrons. The number of fused-ring (bicyclic) bond motifs is 1. The van der Waals surface area contributed by atoms with Crippen LogP contribution in [0.2, 0.25) is 0 Å². The number of benzene rings is 1. The van der Waals surface area contributed by atoms with E-state index in [2.05, 4.69) is 68.8 Å². The van der Waals surface area contributed by atoms with Gasteiger partial charge in [0.15, 0.2) is 0 Å². The lowest BCUT2D eigenvalue weighted by Gasteiger charge is -2.23. The summed E-state index contributed by atoms with van der Waals surface area (Å²) in [5, 5.41) is 0.878. The number of anilines is 1. The predicted octanol–water partition coefficient (Wildman–Crippen LogP) is 5.70. The molecular weight excluding hydrogens is 290 g/mol. The first-order valence-corrected chi connectivity index (χ1v) is 8.10. The van der Waals surface area contributed by atoms with Crippen molar-refractivity contribution in [1.82, 2.24) is 0 Å². The molecule has 0 fully saturated rings. The van der Waals surface area contributed by atoms with Gasteiger partial charge in [0.1, 0.15) is 0 Å². The van der Waals surface area contributed by atoms with E-state index >= 15 is 0 Å². The maximum Gasteiger partial charge on any atom is 0.0470 e. The monoisotopic (exact) mass is 311 g/mol. The predicted molar refractivity (Wildman–Crippen MR) is 96.3 cm³/mol. The van der Waals surface area contributed by atoms with E-state index in [9.17, 15) is 0 Å². The average Bonchev–Trinajstić information content (AvgIpc) is 2.95. The van der Waals surface area contributed by atoms with E-state index in [1.54, 1.807) is 0 Å². The summed E-state index contributed by atoms with van der Waals surface area (Å²) in [6, 6.07) is 8.62. The van der Waals surface area contributed by atoms with E-state index in [0.29, 0.717) is 0 Å². The minimum Gasteiger partial charge on any atom is -0.347 e. The molecule has 0 radical (unpaired) electrons. The van der Waals surface area contributed by atoms with Gasteiger partial charge in [-0.2, -0.15) is 0 Å². The third-order valence-electron chi connectivity index (χ3n) is 4.86. The topological polar surface area (TPSA) is 3.24 Å². The molecule has 0 unspecified atom stereocenters. The van der Waals surface area contributed by atoms with Crippen molar-refractivity contribution in [3.8, 4) is 0 Å². The average molecular weight is 312 g/mol. The third-order valence-corrected chi connectivity index (χ3v) is 5.34. The second-order valence-corrected chi connectivity index (χ2v) is 6.87. The molecule has 2 heteroatoms. The Balaban J connectivity index is 2.00. The summed E-state index contributed by atoms with van der Waals surface area (Å²) in [7, 11) is 2.14. The molecule has 0 saturated carbocycles. The van der Waals surface area contributed by atoms with Crippen LogP contribution in [0.5, 0.6) is 0 Å². The van der Waals surface area contributed by atoms with Crippen LogP contribution in [0.4, 0.5) is 5.69 Å². The standard InChI is InChI=1S/C20H22ClN/c1-5-14-10-11-15(19(14)21)12-13-18-20(2,3)16-8-6-7-9-17(16)22(18)4/h5-9,12-13H,1,10-11H2,2-4H3/b15-12+,18-13-. The molecular formula is C20H22ClN. The number of para-hydroxylation sites is 1. The fraction of sp³-hybridized carbons (Fsp3) is 0.300. The number of allylic oxidation sites excluding steroid dienone is 7. The Morgan fingerprint density at radius 1 is 1.18 bits per heavy atom. The van der Waals surface area contributed by atoms with E-state index < -0.39 is 0 Å². The maximum atomic E-state index is 6.42. The fourth-order valence-corrected chi connectivity index (χ4v) is 3.85. The maximum absolute atomic E-state index is 6.42. The van der Waals surface area contributed by atoms with Crippen molar-refractivity contribution < 1.29 is 0 Å². The summed E-state index contributed by atoms with van der Waals surface area (Å²) in [5.74, 6) is 0. The van der Waals surface area contributed by atoms with Crippen molar-refractivity contribution in [2.24, 2.45) is 0 Å². The fourth-order valence-electron chi connectivity index (χ4n) is 3.52. The minimum absolute atomic E-state index is 0.0124. The molecule has 0 saturated heterocycles. The Labute approximate surface area is 138 Å². The molecule has 0 bridgehead atoms. The van der Waals surface area contributed by atoms with Crippen molar-refractivity contribution in [2.45, 2.75) is 32.1 Å². The third kappa shape index (κ3) is 2.24. The van der Waals surface area contributed by atoms with Crippen LogP contribution < -0.4 is 4.90 Å². The van der Waals surface area contributed by atoms with Crippen molar-refractivity contribution >= 4 is 17.3 Å². The van der Waals surface area contributed by atoms with Gasteiger partial charge in [0, 0.05) is 28.9 Å². The van der Waals surface area contributed by atoms with Gasteiger partial charge in [-0.25, -0.2) is 0 Å². The number of hydrogen-bond donors (Lipinski definition) is 0. The highest BCUT2D eigenvalue weighted by atomic mass is 35.5. The number of nitrogens with zero attached hydrogens (tertiary/aromatic N) is 1. The van der Waals surface area contributed by atoms with Crippen LogP contribution >= 0.6 is 11.6 Å². The second kappa shape index (κ2) is 5.48. The summed E-state index contributed by atoms with van der Waals surface area (Å²) in [5.41, 5.74) is 6.35. The van der Waals surface area contributed by atoms with E-state index in [1.807, 2.05) is 6.08 Å². The summed E-state index contributed by atoms with van der Waals surface area (Å²) in [6.07, 6.45) is 8.28. The van der Waals surface area contributed by atoms with Gasteiger partial charge in [-0.3, -0.25) is 0 Å². The smallest absolute Gasteiger partial charge is 0.0470 e. The number of likely N-dealkylation sites (N-methyl/N-ethyl adjacent to an activating group) is 1. The quantitative estimate of drug-likeness (QED) is 0.677. The van der Waals surface area contributed by atoms with Crippen molar-refractivity contribution in [3.05, 3.63) is 76.5 Å². The highest BCUT2D eigenvalue weighted by Gasteiger charge is 2.37. The summed E-state index contributed by atoms with van der Waals surface area (Å²) >= 11 is 6.42. The number of hydrogen-bond acceptors (Lipinski definition) is 1. The molecule has 0 spiro atoms. The largest absolute Gasteiger partial charge is 0.347 e. The molecule has 22 heavy (non-hydrogen) atoms. The Bertz CT molecular complexity index is 719. The van der Waals surface area contributed by atoms with Gasteiger partial charge < -0.3 is 4.90 Å². The first-order chi connectivity index (χ1) is 10.5. The molecule has 1 aromatic carbocycles. The molecule has 0 amide bonds. The SMILES string of the molecule is C=CC1=C(Cl)/C(=C/C=C2\N(C)c3ccccc3C2(C)C)CC1. The Kier molecular flexibility index (Phi) is 3.78. The summed E-state index contributed by atoms with van der Waals surface area (Å²) in [4.78, 5) is 2.29. The van der Waals surface area contributed by atoms with Crippen LogP contribution in [-0.4, -0.2) is 7.05 Å². The molecule has 1 aliphatic carbocycles. The van der Waals surface area contributed by atoms with Crippen molar-refractivity contribution in [3.63, 3.8) is 0 Å². The van der Waals surface area contributed by atoms with Gasteiger partial charge in [0.25, 0.3) is 0 Å². The lowest BCUT2D eigenvalue weighted by molar-refractivity contribution is 0.640. The highest BCUT2D eigenvalue weighted by Crippen LogP contribution is 2.46. The molecule has 0 aromatic heterocycles. The van der Waals surface area contributed by atoms with Crippen LogP contribution in [0, 0.1) is 0 Å². The Morgan fingerprint density at radius 3 is 2.55 bits per heavy atom. The Morgan fingerprint density at radius 2 is 1.91 bits per heavy atom. The molecule has 2 aliphatic rings. The van der Waals surface area contributed by atoms with Gasteiger partial charge in [0.05, 0.1) is 0 Å². The molecule has 0 atom stereocenters. The zero-order valence-electron chi connectivity index (χ0n) is 13.5. The zero-order valence-corrected chi connectivity index (χ0v) is 14.2. The first kappa shape index (κ1) is 15.2. The number of rotatable bonds is 2. The molecule has 1 aliphatic heterocycles. The molecule has 1 heterocycles. The van der Waals surface area contributed by atoms with Crippen LogP contribution in [-0.2, 0) is 5.41 Å². The van der Waals surface area contributed by atoms with Crippen molar-refractivity contribution in [1.29, 1.82) is 0 Å². The van der Waals surface area contributed by atoms with E-state index in [1.165, 1.54) is 22.5 Å². The van der Waals surface area contributed by atoms with Gasteiger partial charge >= 0.3 is 0 Å². The Hall–Kier alpha value is -1.73. The van der Waals surface area contributed by atoms with Crippen molar-refractivity contribution in [2.75, 3.05) is 11.9 Å². The second-order valence-electron chi connectivity index (χ2n) is 6.49. The van der Waals surface area contributed by atoms with Gasteiger partial charge in [-0.15, -0.1) is 0 Å². The normalized spacial score (nSPS) is 23.5. The van der Waals surface area contributed by atoms with Gasteiger partial charge in [-0.05, 0) is 41.7 Å². The molecule has 1 aromatic rings. The van der Waals surface area contributed by atoms with Gasteiger partial charge in [-0.1, -0.05) is 62.4 Å². The molecule has 3 rings (SSSR count). The molecule has 1 nitrogen and oxygen atoms in total. The van der Waals surface area contributed by atoms with E-state index in [4.69, 9.17) is 11.6 Å². The van der Waals surface area contributed by atoms with Crippen LogP contribution in [0.25, 0.3) is 0 Å². The highest BCUT2D eigenvalue weighted by molar-refractivity contribution is 6.32. The summed E-state index contributed by atoms with van der Waals surface area (Å²) < 4.78 is 0. The van der Waals surface area contributed by atoms with Gasteiger partial charge in [0.2, 0.25) is 0 Å². The van der Waals surface area contributed by atoms with E-state index in [0.717, 1.165) is 23.4 Å². The zero-order chi connectivity index (χ0) is 15.9. The number of halogens is 1. The lowest BCUT2D eigenvalue weighted by atomic mass is 9.83. The minimum atomic E-state index is 0.0124. The van der Waals surface area contributed by atoms with Crippen LogP contribution in [0.3, 0.4) is 0 Å². The lowest BCUT2D eigenvalue weighted by Crippen LogP contribution is -2.22. The van der Waals surface area contributed by atoms with Crippen LogP contribution in [0.1, 0.15) is 32.3 Å². The first-order valence-electron chi connectivity index (χ1n) is 7.73. The van der Waals surface area contributed by atoms with Crippen LogP contribution in [0.15, 0.2) is 70.9 Å². The summed E-state index contributed by atoms with van der Waals surface area (Å²) in [6.45, 7) is 8.39.